The molecule has 1 amide bonds. The zero-order chi connectivity index (χ0) is 15.5. The van der Waals surface area contributed by atoms with Crippen molar-refractivity contribution in [2.75, 3.05) is 5.32 Å². The summed E-state index contributed by atoms with van der Waals surface area (Å²) in [7, 11) is 0. The first kappa shape index (κ1) is 14.0. The van der Waals surface area contributed by atoms with Gasteiger partial charge >= 0.3 is 0 Å². The first-order valence-corrected chi connectivity index (χ1v) is 6.96. The lowest BCUT2D eigenvalue weighted by Crippen LogP contribution is -2.12. The highest BCUT2D eigenvalue weighted by molar-refractivity contribution is 6.04. The van der Waals surface area contributed by atoms with E-state index in [1.165, 1.54) is 6.20 Å². The number of anilines is 1. The van der Waals surface area contributed by atoms with E-state index in [-0.39, 0.29) is 11.8 Å². The van der Waals surface area contributed by atoms with Gasteiger partial charge in [-0.3, -0.25) is 14.9 Å². The Balaban J connectivity index is 1.82. The predicted molar refractivity (Wildman–Crippen MR) is 82.4 cm³/mol. The van der Waals surface area contributed by atoms with Crippen LogP contribution < -0.4 is 5.32 Å². The highest BCUT2D eigenvalue weighted by Crippen LogP contribution is 2.23. The molecule has 0 radical (unpaired) electrons. The molecule has 22 heavy (non-hydrogen) atoms. The molecule has 0 bridgehead atoms. The van der Waals surface area contributed by atoms with Crippen LogP contribution in [0, 0.1) is 0 Å². The maximum atomic E-state index is 12.3. The summed E-state index contributed by atoms with van der Waals surface area (Å²) in [4.78, 5) is 23.7. The van der Waals surface area contributed by atoms with Crippen molar-refractivity contribution in [3.8, 4) is 11.4 Å². The molecule has 0 aromatic carbocycles. The summed E-state index contributed by atoms with van der Waals surface area (Å²) in [6.07, 6.45) is 4.78. The summed E-state index contributed by atoms with van der Waals surface area (Å²) in [6, 6.07) is 5.55. The van der Waals surface area contributed by atoms with Gasteiger partial charge in [-0.2, -0.15) is 5.10 Å². The first-order chi connectivity index (χ1) is 10.6. The molecule has 0 aliphatic heterocycles. The second-order valence-corrected chi connectivity index (χ2v) is 5.16. The van der Waals surface area contributed by atoms with E-state index in [4.69, 9.17) is 0 Å². The van der Waals surface area contributed by atoms with E-state index in [9.17, 15) is 4.79 Å². The summed E-state index contributed by atoms with van der Waals surface area (Å²) in [5, 5.41) is 9.64. The molecule has 3 N–H and O–H groups in total. The molecule has 0 aliphatic carbocycles. The van der Waals surface area contributed by atoms with Crippen LogP contribution in [0.3, 0.4) is 0 Å². The SMILES string of the molecule is CC(C)c1ncc(C(=O)Nc2cn[nH]c2-c2ccccn2)[nH]1. The van der Waals surface area contributed by atoms with Crippen molar-refractivity contribution in [1.29, 1.82) is 0 Å². The molecule has 0 saturated heterocycles. The minimum Gasteiger partial charge on any atom is -0.338 e. The van der Waals surface area contributed by atoms with Crippen LogP contribution in [0.1, 0.15) is 36.1 Å². The van der Waals surface area contributed by atoms with E-state index in [0.29, 0.717) is 22.8 Å². The second-order valence-electron chi connectivity index (χ2n) is 5.16. The number of rotatable bonds is 4. The number of nitrogens with zero attached hydrogens (tertiary/aromatic N) is 3. The van der Waals surface area contributed by atoms with Gasteiger partial charge in [0.05, 0.1) is 23.8 Å². The summed E-state index contributed by atoms with van der Waals surface area (Å²) in [6.45, 7) is 4.02. The maximum absolute atomic E-state index is 12.3. The third kappa shape index (κ3) is 2.73. The smallest absolute Gasteiger partial charge is 0.273 e. The van der Waals surface area contributed by atoms with Crippen molar-refractivity contribution in [2.45, 2.75) is 19.8 Å². The van der Waals surface area contributed by atoms with E-state index in [1.54, 1.807) is 12.4 Å². The molecule has 112 valence electrons. The van der Waals surface area contributed by atoms with Crippen LogP contribution in [0.15, 0.2) is 36.8 Å². The molecule has 3 rings (SSSR count). The standard InChI is InChI=1S/C15H16N6O/c1-9(2)14-17-7-12(19-14)15(22)20-11-8-18-21-13(11)10-5-3-4-6-16-10/h3-9H,1-2H3,(H,17,19)(H,18,21)(H,20,22). The molecule has 7 nitrogen and oxygen atoms in total. The molecule has 3 aromatic heterocycles. The number of carbonyl (C=O) groups excluding carboxylic acids is 1. The quantitative estimate of drug-likeness (QED) is 0.689. The minimum absolute atomic E-state index is 0.236. The van der Waals surface area contributed by atoms with E-state index >= 15 is 0 Å². The molecule has 0 atom stereocenters. The number of H-pyrrole nitrogens is 2. The van der Waals surface area contributed by atoms with Crippen LogP contribution in [-0.2, 0) is 0 Å². The van der Waals surface area contributed by atoms with E-state index < -0.39 is 0 Å². The van der Waals surface area contributed by atoms with E-state index in [1.807, 2.05) is 32.0 Å². The lowest BCUT2D eigenvalue weighted by Gasteiger charge is -2.04. The second kappa shape index (κ2) is 5.80. The van der Waals surface area contributed by atoms with Gasteiger partial charge in [-0.15, -0.1) is 0 Å². The van der Waals surface area contributed by atoms with Crippen LogP contribution in [-0.4, -0.2) is 31.1 Å². The Labute approximate surface area is 127 Å². The molecule has 7 heteroatoms. The number of hydrogen-bond donors (Lipinski definition) is 3. The monoisotopic (exact) mass is 296 g/mol. The van der Waals surface area contributed by atoms with Gasteiger partial charge in [0.25, 0.3) is 5.91 Å². The predicted octanol–water partition coefficient (Wildman–Crippen LogP) is 2.57. The van der Waals surface area contributed by atoms with Gasteiger partial charge in [-0.05, 0) is 12.1 Å². The molecular weight excluding hydrogens is 280 g/mol. The van der Waals surface area contributed by atoms with Crippen LogP contribution in [0.4, 0.5) is 5.69 Å². The Hall–Kier alpha value is -2.96. The maximum Gasteiger partial charge on any atom is 0.273 e. The van der Waals surface area contributed by atoms with Crippen molar-refractivity contribution >= 4 is 11.6 Å². The molecule has 3 aromatic rings. The number of aromatic nitrogens is 5. The van der Waals surface area contributed by atoms with Gasteiger partial charge in [0.1, 0.15) is 17.2 Å². The topological polar surface area (TPSA) is 99.3 Å². The highest BCUT2D eigenvalue weighted by Gasteiger charge is 2.15. The van der Waals surface area contributed by atoms with Crippen molar-refractivity contribution < 1.29 is 4.79 Å². The fourth-order valence-corrected chi connectivity index (χ4v) is 2.02. The number of aromatic amines is 2. The molecule has 3 heterocycles. The Morgan fingerprint density at radius 3 is 2.77 bits per heavy atom. The van der Waals surface area contributed by atoms with Crippen molar-refractivity contribution in [3.05, 3.63) is 48.3 Å². The molecule has 0 aliphatic rings. The largest absolute Gasteiger partial charge is 0.338 e. The van der Waals surface area contributed by atoms with Gasteiger partial charge in [0.15, 0.2) is 0 Å². The van der Waals surface area contributed by atoms with Crippen molar-refractivity contribution in [2.24, 2.45) is 0 Å². The normalized spacial score (nSPS) is 10.9. The summed E-state index contributed by atoms with van der Waals surface area (Å²) in [5.74, 6) is 0.750. The number of amides is 1. The van der Waals surface area contributed by atoms with Gasteiger partial charge in [-0.25, -0.2) is 4.98 Å². The Morgan fingerprint density at radius 1 is 1.23 bits per heavy atom. The third-order valence-corrected chi connectivity index (χ3v) is 3.20. The van der Waals surface area contributed by atoms with Gasteiger partial charge in [0.2, 0.25) is 0 Å². The minimum atomic E-state index is -0.266. The van der Waals surface area contributed by atoms with Gasteiger partial charge in [-0.1, -0.05) is 19.9 Å². The number of imidazole rings is 1. The fraction of sp³-hybridized carbons (Fsp3) is 0.200. The lowest BCUT2D eigenvalue weighted by atomic mass is 10.2. The Morgan fingerprint density at radius 2 is 2.09 bits per heavy atom. The van der Waals surface area contributed by atoms with Gasteiger partial charge < -0.3 is 10.3 Å². The van der Waals surface area contributed by atoms with E-state index in [0.717, 1.165) is 5.82 Å². The number of pyridine rings is 1. The average Bonchev–Trinajstić information content (AvgIpc) is 3.17. The number of hydrogen-bond acceptors (Lipinski definition) is 4. The highest BCUT2D eigenvalue weighted by atomic mass is 16.1. The Bertz CT molecular complexity index is 774. The summed E-state index contributed by atoms with van der Waals surface area (Å²) < 4.78 is 0. The first-order valence-electron chi connectivity index (χ1n) is 6.96. The van der Waals surface area contributed by atoms with Crippen LogP contribution in [0.5, 0.6) is 0 Å². The van der Waals surface area contributed by atoms with E-state index in [2.05, 4.69) is 30.5 Å². The molecule has 0 spiro atoms. The Kier molecular flexibility index (Phi) is 3.69. The van der Waals surface area contributed by atoms with Crippen LogP contribution in [0.25, 0.3) is 11.4 Å². The number of nitrogens with one attached hydrogen (secondary N) is 3. The van der Waals surface area contributed by atoms with Crippen molar-refractivity contribution in [3.63, 3.8) is 0 Å². The average molecular weight is 296 g/mol. The summed E-state index contributed by atoms with van der Waals surface area (Å²) >= 11 is 0. The van der Waals surface area contributed by atoms with Crippen molar-refractivity contribution in [1.82, 2.24) is 25.1 Å². The molecule has 0 saturated carbocycles. The fourth-order valence-electron chi connectivity index (χ4n) is 2.02. The molecular formula is C15H16N6O. The van der Waals surface area contributed by atoms with Crippen LogP contribution in [0.2, 0.25) is 0 Å². The third-order valence-electron chi connectivity index (χ3n) is 3.20. The zero-order valence-corrected chi connectivity index (χ0v) is 12.3. The van der Waals surface area contributed by atoms with Crippen LogP contribution >= 0.6 is 0 Å². The summed E-state index contributed by atoms with van der Waals surface area (Å²) in [5.41, 5.74) is 2.36. The lowest BCUT2D eigenvalue weighted by molar-refractivity contribution is 0.102. The molecule has 0 fully saturated rings. The number of carbonyl (C=O) groups is 1. The molecule has 0 unspecified atom stereocenters. The zero-order valence-electron chi connectivity index (χ0n) is 12.3. The van der Waals surface area contributed by atoms with Gasteiger partial charge in [0, 0.05) is 12.1 Å².